The van der Waals surface area contributed by atoms with E-state index in [9.17, 15) is 4.79 Å². The van der Waals surface area contributed by atoms with Crippen molar-refractivity contribution in [1.29, 1.82) is 0 Å². The van der Waals surface area contributed by atoms with Crippen LogP contribution in [0, 0.1) is 0 Å². The Morgan fingerprint density at radius 2 is 1.89 bits per heavy atom. The molecule has 2 aromatic carbocycles. The molecule has 0 unspecified atom stereocenters. The molecule has 0 spiro atoms. The lowest BCUT2D eigenvalue weighted by molar-refractivity contribution is -0.113. The quantitative estimate of drug-likeness (QED) is 0.434. The van der Waals surface area contributed by atoms with Crippen molar-refractivity contribution in [3.63, 3.8) is 0 Å². The number of thioether (sulfide) groups is 1. The number of rotatable bonds is 9. The Morgan fingerprint density at radius 1 is 1.14 bits per heavy atom. The minimum Gasteiger partial charge on any atom is -0.325 e. The van der Waals surface area contributed by atoms with Gasteiger partial charge in [0.25, 0.3) is 0 Å². The number of anilines is 1. The molecular weight excluding hydrogens is 368 g/mol. The van der Waals surface area contributed by atoms with Crippen LogP contribution < -0.4 is 5.32 Å². The van der Waals surface area contributed by atoms with E-state index in [0.29, 0.717) is 13.0 Å². The van der Waals surface area contributed by atoms with Gasteiger partial charge in [0, 0.05) is 18.7 Å². The van der Waals surface area contributed by atoms with E-state index >= 15 is 0 Å². The minimum absolute atomic E-state index is 0.0522. The van der Waals surface area contributed by atoms with Gasteiger partial charge in [0.1, 0.15) is 5.82 Å². The highest BCUT2D eigenvalue weighted by Gasteiger charge is 2.14. The number of hydrogen-bond acceptors (Lipinski definition) is 4. The third-order valence-electron chi connectivity index (χ3n) is 4.31. The fourth-order valence-corrected chi connectivity index (χ4v) is 3.68. The Kier molecular flexibility index (Phi) is 7.03. The number of carbonyl (C=O) groups is 1. The number of allylic oxidation sites excluding steroid dienone is 1. The maximum absolute atomic E-state index is 12.4. The van der Waals surface area contributed by atoms with Crippen molar-refractivity contribution in [3.05, 3.63) is 84.2 Å². The Morgan fingerprint density at radius 3 is 2.64 bits per heavy atom. The molecule has 1 aromatic heterocycles. The molecular formula is C22H24N4OS. The van der Waals surface area contributed by atoms with E-state index in [0.717, 1.165) is 28.7 Å². The molecule has 1 N–H and O–H groups in total. The van der Waals surface area contributed by atoms with Crippen LogP contribution in [0.4, 0.5) is 5.69 Å². The zero-order valence-corrected chi connectivity index (χ0v) is 16.8. The predicted molar refractivity (Wildman–Crippen MR) is 115 cm³/mol. The fourth-order valence-electron chi connectivity index (χ4n) is 2.91. The summed E-state index contributed by atoms with van der Waals surface area (Å²) in [7, 11) is 0. The molecule has 3 rings (SSSR count). The number of benzene rings is 2. The van der Waals surface area contributed by atoms with Gasteiger partial charge in [0.05, 0.1) is 5.75 Å². The number of aryl methyl sites for hydroxylation is 1. The number of aromatic nitrogens is 3. The molecule has 0 atom stereocenters. The summed E-state index contributed by atoms with van der Waals surface area (Å²) in [6, 6.07) is 18.0. The lowest BCUT2D eigenvalue weighted by Crippen LogP contribution is -2.16. The van der Waals surface area contributed by atoms with E-state index in [2.05, 4.69) is 41.1 Å². The molecule has 3 aromatic rings. The standard InChI is InChI=1S/C22H24N4OS/c1-3-14-26-20(15-17-10-6-5-7-11-17)24-25-22(26)28-16-21(27)23-19-13-9-8-12-18(19)4-2/h3,5-13H,1,4,14-16H2,2H3,(H,23,27). The average molecular weight is 393 g/mol. The molecule has 0 fully saturated rings. The second-order valence-corrected chi connectivity index (χ2v) is 7.25. The number of carbonyl (C=O) groups excluding carboxylic acids is 1. The molecule has 0 saturated heterocycles. The summed E-state index contributed by atoms with van der Waals surface area (Å²) in [5.74, 6) is 1.09. The van der Waals surface area contributed by atoms with Gasteiger partial charge >= 0.3 is 0 Å². The molecule has 0 aliphatic heterocycles. The molecule has 0 aliphatic rings. The number of hydrogen-bond donors (Lipinski definition) is 1. The third-order valence-corrected chi connectivity index (χ3v) is 5.28. The normalized spacial score (nSPS) is 10.6. The first kappa shape index (κ1) is 19.9. The second kappa shape index (κ2) is 9.90. The Hall–Kier alpha value is -2.86. The molecule has 144 valence electrons. The summed E-state index contributed by atoms with van der Waals surface area (Å²) in [5, 5.41) is 12.3. The van der Waals surface area contributed by atoms with Gasteiger partial charge in [-0.25, -0.2) is 0 Å². The van der Waals surface area contributed by atoms with Crippen LogP contribution in [0.15, 0.2) is 72.4 Å². The smallest absolute Gasteiger partial charge is 0.234 e. The first-order valence-corrected chi connectivity index (χ1v) is 10.3. The first-order valence-electron chi connectivity index (χ1n) is 9.28. The molecule has 6 heteroatoms. The van der Waals surface area contributed by atoms with E-state index < -0.39 is 0 Å². The van der Waals surface area contributed by atoms with Gasteiger partial charge in [0.2, 0.25) is 5.91 Å². The van der Waals surface area contributed by atoms with Crippen molar-refractivity contribution in [2.75, 3.05) is 11.1 Å². The van der Waals surface area contributed by atoms with Gasteiger partial charge in [-0.15, -0.1) is 16.8 Å². The summed E-state index contributed by atoms with van der Waals surface area (Å²) in [6.45, 7) is 6.51. The summed E-state index contributed by atoms with van der Waals surface area (Å²) in [5.41, 5.74) is 3.17. The number of para-hydroxylation sites is 1. The second-order valence-electron chi connectivity index (χ2n) is 6.31. The van der Waals surface area contributed by atoms with Crippen molar-refractivity contribution in [3.8, 4) is 0 Å². The van der Waals surface area contributed by atoms with Crippen molar-refractivity contribution in [2.24, 2.45) is 0 Å². The first-order chi connectivity index (χ1) is 13.7. The van der Waals surface area contributed by atoms with Crippen molar-refractivity contribution in [1.82, 2.24) is 14.8 Å². The fraction of sp³-hybridized carbons (Fsp3) is 0.227. The Labute approximate surface area is 169 Å². The monoisotopic (exact) mass is 392 g/mol. The highest BCUT2D eigenvalue weighted by atomic mass is 32.2. The zero-order valence-electron chi connectivity index (χ0n) is 16.0. The van der Waals surface area contributed by atoms with E-state index in [1.54, 1.807) is 0 Å². The zero-order chi connectivity index (χ0) is 19.8. The Balaban J connectivity index is 1.66. The molecule has 0 radical (unpaired) electrons. The van der Waals surface area contributed by atoms with Crippen LogP contribution in [0.3, 0.4) is 0 Å². The van der Waals surface area contributed by atoms with Crippen LogP contribution in [-0.4, -0.2) is 26.4 Å². The maximum Gasteiger partial charge on any atom is 0.234 e. The van der Waals surface area contributed by atoms with E-state index in [1.807, 2.05) is 53.1 Å². The summed E-state index contributed by atoms with van der Waals surface area (Å²) in [4.78, 5) is 12.4. The lowest BCUT2D eigenvalue weighted by atomic mass is 10.1. The summed E-state index contributed by atoms with van der Waals surface area (Å²) in [6.07, 6.45) is 3.39. The van der Waals surface area contributed by atoms with Crippen LogP contribution >= 0.6 is 11.8 Å². The van der Waals surface area contributed by atoms with Crippen LogP contribution in [0.1, 0.15) is 23.9 Å². The summed E-state index contributed by atoms with van der Waals surface area (Å²) >= 11 is 1.39. The average Bonchev–Trinajstić information content (AvgIpc) is 3.09. The SMILES string of the molecule is C=CCn1c(Cc2ccccc2)nnc1SCC(=O)Nc1ccccc1CC. The van der Waals surface area contributed by atoms with Crippen molar-refractivity contribution < 1.29 is 4.79 Å². The van der Waals surface area contributed by atoms with E-state index in [4.69, 9.17) is 0 Å². The number of amides is 1. The van der Waals surface area contributed by atoms with Gasteiger partial charge in [0.15, 0.2) is 5.16 Å². The number of nitrogens with zero attached hydrogens (tertiary/aromatic N) is 3. The molecule has 28 heavy (non-hydrogen) atoms. The van der Waals surface area contributed by atoms with Gasteiger partial charge in [-0.2, -0.15) is 0 Å². The van der Waals surface area contributed by atoms with E-state index in [1.165, 1.54) is 17.3 Å². The highest BCUT2D eigenvalue weighted by Crippen LogP contribution is 2.20. The van der Waals surface area contributed by atoms with Crippen molar-refractivity contribution >= 4 is 23.4 Å². The van der Waals surface area contributed by atoms with Crippen LogP contribution in [0.2, 0.25) is 0 Å². The molecule has 1 amide bonds. The van der Waals surface area contributed by atoms with Crippen molar-refractivity contribution in [2.45, 2.75) is 31.5 Å². The van der Waals surface area contributed by atoms with Crippen LogP contribution in [0.5, 0.6) is 0 Å². The summed E-state index contributed by atoms with van der Waals surface area (Å²) < 4.78 is 2.01. The minimum atomic E-state index is -0.0522. The van der Waals surface area contributed by atoms with Crippen LogP contribution in [0.25, 0.3) is 0 Å². The molecule has 0 bridgehead atoms. The highest BCUT2D eigenvalue weighted by molar-refractivity contribution is 7.99. The van der Waals surface area contributed by atoms with Gasteiger partial charge < -0.3 is 9.88 Å². The van der Waals surface area contributed by atoms with E-state index in [-0.39, 0.29) is 11.7 Å². The number of nitrogens with one attached hydrogen (secondary N) is 1. The molecule has 5 nitrogen and oxygen atoms in total. The van der Waals surface area contributed by atoms with Gasteiger partial charge in [-0.05, 0) is 23.6 Å². The third kappa shape index (κ3) is 5.10. The topological polar surface area (TPSA) is 59.8 Å². The molecule has 1 heterocycles. The molecule has 0 aliphatic carbocycles. The maximum atomic E-state index is 12.4. The molecule has 0 saturated carbocycles. The predicted octanol–water partition coefficient (Wildman–Crippen LogP) is 4.35. The lowest BCUT2D eigenvalue weighted by Gasteiger charge is -2.10. The largest absolute Gasteiger partial charge is 0.325 e. The van der Waals surface area contributed by atoms with Gasteiger partial charge in [-0.3, -0.25) is 4.79 Å². The Bertz CT molecular complexity index is 937. The van der Waals surface area contributed by atoms with Crippen LogP contribution in [-0.2, 0) is 24.2 Å². The van der Waals surface area contributed by atoms with Gasteiger partial charge in [-0.1, -0.05) is 73.3 Å².